The zero-order chi connectivity index (χ0) is 21.3. The largest absolute Gasteiger partial charge is 0.417 e. The monoisotopic (exact) mass is 415 g/mol. The molecule has 0 spiro atoms. The number of alkyl halides is 3. The van der Waals surface area contributed by atoms with E-state index in [1.807, 2.05) is 6.92 Å². The number of rotatable bonds is 5. The smallest absolute Gasteiger partial charge is 0.351 e. The molecule has 4 rings (SSSR count). The van der Waals surface area contributed by atoms with Gasteiger partial charge in [-0.25, -0.2) is 9.67 Å². The summed E-state index contributed by atoms with van der Waals surface area (Å²) in [7, 11) is 0. The van der Waals surface area contributed by atoms with Crippen molar-refractivity contribution in [3.05, 3.63) is 66.0 Å². The van der Waals surface area contributed by atoms with Crippen LogP contribution in [0.1, 0.15) is 28.7 Å². The van der Waals surface area contributed by atoms with Crippen LogP contribution in [-0.4, -0.2) is 42.0 Å². The third-order valence-electron chi connectivity index (χ3n) is 4.31. The van der Waals surface area contributed by atoms with E-state index in [-0.39, 0.29) is 11.7 Å². The van der Waals surface area contributed by atoms with Gasteiger partial charge in [-0.15, -0.1) is 0 Å². The first kappa shape index (κ1) is 19.6. The highest BCUT2D eigenvalue weighted by molar-refractivity contribution is 6.04. The summed E-state index contributed by atoms with van der Waals surface area (Å²) in [5, 5.41) is 12.1. The van der Waals surface area contributed by atoms with Crippen LogP contribution in [0.2, 0.25) is 0 Å². The van der Waals surface area contributed by atoms with Gasteiger partial charge in [-0.3, -0.25) is 14.5 Å². The maximum Gasteiger partial charge on any atom is 0.417 e. The predicted molar refractivity (Wildman–Crippen MR) is 101 cm³/mol. The molecule has 4 aromatic rings. The number of halogens is 3. The van der Waals surface area contributed by atoms with Gasteiger partial charge in [0.2, 0.25) is 0 Å². The summed E-state index contributed by atoms with van der Waals surface area (Å²) < 4.78 is 41.0. The maximum absolute atomic E-state index is 12.7. The van der Waals surface area contributed by atoms with Gasteiger partial charge in [-0.1, -0.05) is 0 Å². The first-order chi connectivity index (χ1) is 14.3. The van der Waals surface area contributed by atoms with Crippen molar-refractivity contribution in [2.75, 3.05) is 6.54 Å². The molecule has 0 aromatic carbocycles. The summed E-state index contributed by atoms with van der Waals surface area (Å²) >= 11 is 0. The average molecular weight is 415 g/mol. The molecule has 0 fully saturated rings. The van der Waals surface area contributed by atoms with E-state index in [0.29, 0.717) is 35.4 Å². The minimum atomic E-state index is -4.44. The lowest BCUT2D eigenvalue weighted by Gasteiger charge is -2.06. The third kappa shape index (κ3) is 3.86. The highest BCUT2D eigenvalue weighted by atomic mass is 19.4. The number of fused-ring (bicyclic) bond motifs is 1. The number of carbonyl (C=O) groups is 1. The molecule has 0 aliphatic heterocycles. The van der Waals surface area contributed by atoms with Crippen molar-refractivity contribution in [2.45, 2.75) is 19.6 Å². The Morgan fingerprint density at radius 1 is 1.13 bits per heavy atom. The molecular weight excluding hydrogens is 399 g/mol. The minimum absolute atomic E-state index is 0.266. The molecule has 30 heavy (non-hydrogen) atoms. The van der Waals surface area contributed by atoms with Gasteiger partial charge >= 0.3 is 6.18 Å². The zero-order valence-corrected chi connectivity index (χ0v) is 15.8. The lowest BCUT2D eigenvalue weighted by molar-refractivity contribution is -0.137. The fourth-order valence-corrected chi connectivity index (χ4v) is 2.93. The van der Waals surface area contributed by atoms with Crippen molar-refractivity contribution in [1.29, 1.82) is 0 Å². The summed E-state index contributed by atoms with van der Waals surface area (Å²) in [6.07, 6.45) is 1.17. The van der Waals surface area contributed by atoms with Gasteiger partial charge in [-0.2, -0.15) is 23.4 Å². The number of pyridine rings is 2. The Labute approximate surface area is 168 Å². The van der Waals surface area contributed by atoms with Crippen molar-refractivity contribution in [1.82, 2.24) is 34.8 Å². The lowest BCUT2D eigenvalue weighted by atomic mass is 10.2. The van der Waals surface area contributed by atoms with Gasteiger partial charge in [0.25, 0.3) is 5.91 Å². The maximum atomic E-state index is 12.7. The molecule has 154 valence electrons. The fraction of sp³-hybridized carbons (Fsp3) is 0.211. The first-order valence-electron chi connectivity index (χ1n) is 9.03. The van der Waals surface area contributed by atoms with Gasteiger partial charge in [0.05, 0.1) is 28.7 Å². The second-order valence-corrected chi connectivity index (χ2v) is 6.43. The van der Waals surface area contributed by atoms with Crippen LogP contribution >= 0.6 is 0 Å². The highest BCUT2D eigenvalue weighted by Gasteiger charge is 2.30. The number of nitrogens with one attached hydrogen (secondary N) is 1. The second kappa shape index (κ2) is 7.58. The Morgan fingerprint density at radius 3 is 2.67 bits per heavy atom. The Kier molecular flexibility index (Phi) is 4.94. The van der Waals surface area contributed by atoms with E-state index in [1.165, 1.54) is 16.9 Å². The molecule has 0 radical (unpaired) electrons. The van der Waals surface area contributed by atoms with Crippen LogP contribution in [0.4, 0.5) is 13.2 Å². The number of hydrogen-bond acceptors (Lipinski definition) is 5. The topological polar surface area (TPSA) is 90.5 Å². The Morgan fingerprint density at radius 2 is 1.97 bits per heavy atom. The van der Waals surface area contributed by atoms with E-state index in [4.69, 9.17) is 0 Å². The molecular formula is C19H16F3N7O. The molecule has 1 amide bonds. The van der Waals surface area contributed by atoms with Gasteiger partial charge in [0, 0.05) is 31.3 Å². The van der Waals surface area contributed by atoms with Crippen LogP contribution < -0.4 is 5.32 Å². The van der Waals surface area contributed by atoms with Crippen LogP contribution in [0, 0.1) is 0 Å². The predicted octanol–water partition coefficient (Wildman–Crippen LogP) is 2.83. The number of carbonyl (C=O) groups excluding carboxylic acids is 1. The van der Waals surface area contributed by atoms with Gasteiger partial charge < -0.3 is 5.32 Å². The summed E-state index contributed by atoms with van der Waals surface area (Å²) in [5.41, 5.74) is 0.714. The van der Waals surface area contributed by atoms with Crippen LogP contribution in [-0.2, 0) is 12.7 Å². The quantitative estimate of drug-likeness (QED) is 0.541. The van der Waals surface area contributed by atoms with Gasteiger partial charge in [0.15, 0.2) is 5.82 Å². The molecule has 0 aliphatic carbocycles. The van der Waals surface area contributed by atoms with E-state index < -0.39 is 11.7 Å². The summed E-state index contributed by atoms with van der Waals surface area (Å²) in [6, 6.07) is 5.64. The molecule has 4 aromatic heterocycles. The summed E-state index contributed by atoms with van der Waals surface area (Å²) in [6.45, 7) is 2.61. The van der Waals surface area contributed by atoms with Crippen LogP contribution in [0.3, 0.4) is 0 Å². The van der Waals surface area contributed by atoms with Crippen LogP contribution in [0.5, 0.6) is 0 Å². The number of hydrogen-bond donors (Lipinski definition) is 1. The molecule has 0 saturated carbocycles. The van der Waals surface area contributed by atoms with E-state index in [0.717, 1.165) is 12.3 Å². The highest BCUT2D eigenvalue weighted by Crippen LogP contribution is 2.28. The molecule has 0 saturated heterocycles. The van der Waals surface area contributed by atoms with Crippen molar-refractivity contribution < 1.29 is 18.0 Å². The van der Waals surface area contributed by atoms with Gasteiger partial charge in [-0.05, 0) is 31.2 Å². The van der Waals surface area contributed by atoms with E-state index in [1.54, 1.807) is 29.2 Å². The molecule has 0 aliphatic rings. The van der Waals surface area contributed by atoms with E-state index >= 15 is 0 Å². The average Bonchev–Trinajstić information content (AvgIpc) is 3.34. The molecule has 1 N–H and O–H groups in total. The molecule has 11 heteroatoms. The van der Waals surface area contributed by atoms with E-state index in [9.17, 15) is 18.0 Å². The molecule has 4 heterocycles. The molecule has 0 unspecified atom stereocenters. The van der Waals surface area contributed by atoms with Crippen molar-refractivity contribution in [3.63, 3.8) is 0 Å². The first-order valence-corrected chi connectivity index (χ1v) is 9.03. The summed E-state index contributed by atoms with van der Waals surface area (Å²) in [4.78, 5) is 20.1. The molecule has 8 nitrogen and oxygen atoms in total. The van der Waals surface area contributed by atoms with Crippen molar-refractivity contribution in [2.24, 2.45) is 0 Å². The molecule has 0 atom stereocenters. The number of aromatic nitrogens is 6. The van der Waals surface area contributed by atoms with Crippen molar-refractivity contribution in [3.8, 4) is 5.82 Å². The van der Waals surface area contributed by atoms with E-state index in [2.05, 4.69) is 25.5 Å². The zero-order valence-electron chi connectivity index (χ0n) is 15.8. The molecule has 0 bridgehead atoms. The van der Waals surface area contributed by atoms with Crippen LogP contribution in [0.15, 0.2) is 49.1 Å². The number of nitrogens with zero attached hydrogens (tertiary/aromatic N) is 6. The summed E-state index contributed by atoms with van der Waals surface area (Å²) in [5.74, 6) is -0.0112. The fourth-order valence-electron chi connectivity index (χ4n) is 2.93. The Bertz CT molecular complexity index is 1200. The SMILES string of the molecule is CCNC(=O)c1nccc2nn(Cc3ccn(-c4ccc(C(F)(F)F)cn4)n3)cc12. The van der Waals surface area contributed by atoms with Crippen LogP contribution in [0.25, 0.3) is 16.7 Å². The minimum Gasteiger partial charge on any atom is -0.351 e. The van der Waals surface area contributed by atoms with Gasteiger partial charge in [0.1, 0.15) is 5.69 Å². The number of amides is 1. The second-order valence-electron chi connectivity index (χ2n) is 6.43. The van der Waals surface area contributed by atoms with Crippen molar-refractivity contribution >= 4 is 16.8 Å². The lowest BCUT2D eigenvalue weighted by Crippen LogP contribution is -2.23. The normalized spacial score (nSPS) is 11.7. The standard InChI is InChI=1S/C19H16F3N7O/c1-2-23-18(30)17-14-11-28(27-15(14)5-7-24-17)10-13-6-8-29(26-13)16-4-3-12(9-25-16)19(20,21)22/h3-9,11H,2,10H2,1H3,(H,23,30). The Hall–Kier alpha value is -3.76. The third-order valence-corrected chi connectivity index (χ3v) is 4.31. The Balaban J connectivity index is 1.56.